The van der Waals surface area contributed by atoms with E-state index in [1.54, 1.807) is 36.5 Å². The van der Waals surface area contributed by atoms with Crippen LogP contribution in [-0.4, -0.2) is 60.5 Å². The Morgan fingerprint density at radius 3 is 2.24 bits per heavy atom. The van der Waals surface area contributed by atoms with Crippen LogP contribution in [0.1, 0.15) is 38.5 Å². The number of aromatic nitrogens is 1. The third-order valence-corrected chi connectivity index (χ3v) is 7.71. The van der Waals surface area contributed by atoms with Crippen LogP contribution in [0.2, 0.25) is 5.02 Å². The van der Waals surface area contributed by atoms with E-state index in [2.05, 4.69) is 15.6 Å². The van der Waals surface area contributed by atoms with Gasteiger partial charge in [0.1, 0.15) is 22.7 Å². The second kappa shape index (κ2) is 15.3. The summed E-state index contributed by atoms with van der Waals surface area (Å²) in [6, 6.07) is 15.3. The quantitative estimate of drug-likeness (QED) is 0.0798. The van der Waals surface area contributed by atoms with Crippen LogP contribution in [-0.2, 0) is 14.4 Å². The number of carboxylic acid groups (broad SMARTS) is 1. The number of rotatable bonds is 14. The zero-order valence-electron chi connectivity index (χ0n) is 24.4. The van der Waals surface area contributed by atoms with Gasteiger partial charge in [-0.3, -0.25) is 19.4 Å². The molecule has 1 saturated carbocycles. The van der Waals surface area contributed by atoms with E-state index in [9.17, 15) is 18.8 Å². The molecule has 236 valence electrons. The van der Waals surface area contributed by atoms with Crippen molar-refractivity contribution in [3.63, 3.8) is 0 Å². The van der Waals surface area contributed by atoms with Gasteiger partial charge in [-0.1, -0.05) is 11.6 Å². The zero-order valence-corrected chi connectivity index (χ0v) is 25.2. The molecule has 1 aliphatic rings. The van der Waals surface area contributed by atoms with Gasteiger partial charge < -0.3 is 30.0 Å². The summed E-state index contributed by atoms with van der Waals surface area (Å²) in [5.74, 6) is -0.373. The van der Waals surface area contributed by atoms with Crippen LogP contribution < -0.4 is 24.8 Å². The van der Waals surface area contributed by atoms with Gasteiger partial charge in [0.15, 0.2) is 11.5 Å². The van der Waals surface area contributed by atoms with E-state index in [1.165, 1.54) is 37.4 Å². The Bertz CT molecular complexity index is 1730. The molecular formula is C33H32ClFLiN3O7. The Kier molecular flexibility index (Phi) is 11.5. The van der Waals surface area contributed by atoms with Gasteiger partial charge in [-0.25, -0.2) is 4.39 Å². The molecule has 0 spiro atoms. The minimum absolute atomic E-state index is 0. The molecule has 13 heteroatoms. The molecule has 4 aromatic rings. The van der Waals surface area contributed by atoms with Crippen LogP contribution in [0.25, 0.3) is 10.9 Å². The van der Waals surface area contributed by atoms with E-state index < -0.39 is 29.0 Å². The van der Waals surface area contributed by atoms with Crippen LogP contribution in [0, 0.1) is 11.2 Å². The summed E-state index contributed by atoms with van der Waals surface area (Å²) >= 11 is 6.54. The molecule has 0 unspecified atom stereocenters. The van der Waals surface area contributed by atoms with E-state index in [0.717, 1.165) is 6.42 Å². The molecule has 1 aliphatic carbocycles. The number of nitrogens with one attached hydrogen (secondary N) is 2. The first-order valence-corrected chi connectivity index (χ1v) is 14.7. The van der Waals surface area contributed by atoms with Crippen molar-refractivity contribution >= 4 is 70.5 Å². The molecule has 2 amide bonds. The summed E-state index contributed by atoms with van der Waals surface area (Å²) in [5, 5.41) is 15.1. The summed E-state index contributed by atoms with van der Waals surface area (Å²) in [6.07, 6.45) is 4.51. The maximum absolute atomic E-state index is 13.2. The number of hydrogen-bond donors (Lipinski definition) is 3. The number of hydrogen-bond acceptors (Lipinski definition) is 7. The number of pyridine rings is 1. The first kappa shape index (κ1) is 34.6. The molecule has 1 heterocycles. The van der Waals surface area contributed by atoms with Crippen LogP contribution in [0.5, 0.6) is 23.0 Å². The Hall–Kier alpha value is -4.30. The van der Waals surface area contributed by atoms with Crippen molar-refractivity contribution in [1.29, 1.82) is 0 Å². The third kappa shape index (κ3) is 8.29. The SMILES string of the molecule is COc1cc2c(Oc3ccc(NC(=O)C4(C(=O)Nc5ccc(F)cc5)CC4)cc3Cl)ccnc2cc1OCCCCCC(=O)O.[LiH]. The van der Waals surface area contributed by atoms with Crippen LogP contribution in [0.3, 0.4) is 0 Å². The Labute approximate surface area is 281 Å². The molecule has 5 rings (SSSR count). The molecule has 1 aromatic heterocycles. The Morgan fingerprint density at radius 2 is 1.59 bits per heavy atom. The van der Waals surface area contributed by atoms with Crippen molar-refractivity contribution in [3.05, 3.63) is 77.7 Å². The Morgan fingerprint density at radius 1 is 0.891 bits per heavy atom. The maximum atomic E-state index is 13.2. The summed E-state index contributed by atoms with van der Waals surface area (Å²) < 4.78 is 30.8. The van der Waals surface area contributed by atoms with Crippen LogP contribution >= 0.6 is 11.6 Å². The average Bonchev–Trinajstić information content (AvgIpc) is 3.83. The number of fused-ring (bicyclic) bond motifs is 1. The fourth-order valence-electron chi connectivity index (χ4n) is 4.72. The van der Waals surface area contributed by atoms with Gasteiger partial charge in [0.05, 0.1) is 24.3 Å². The van der Waals surface area contributed by atoms with Crippen LogP contribution in [0.4, 0.5) is 15.8 Å². The van der Waals surface area contributed by atoms with Crippen molar-refractivity contribution in [2.75, 3.05) is 24.4 Å². The number of carboxylic acids is 1. The number of ether oxygens (including phenoxy) is 3. The predicted octanol–water partition coefficient (Wildman–Crippen LogP) is 6.56. The van der Waals surface area contributed by atoms with Crippen molar-refractivity contribution in [1.82, 2.24) is 4.98 Å². The molecule has 0 radical (unpaired) electrons. The van der Waals surface area contributed by atoms with E-state index >= 15 is 0 Å². The van der Waals surface area contributed by atoms with Gasteiger partial charge in [-0.05, 0) is 86.7 Å². The molecule has 3 aromatic carbocycles. The molecule has 1 fully saturated rings. The van der Waals surface area contributed by atoms with Crippen molar-refractivity contribution in [2.45, 2.75) is 38.5 Å². The van der Waals surface area contributed by atoms with Crippen molar-refractivity contribution < 1.29 is 38.1 Å². The minimum atomic E-state index is -1.21. The second-order valence-corrected chi connectivity index (χ2v) is 11.0. The number of carbonyl (C=O) groups is 3. The van der Waals surface area contributed by atoms with Crippen molar-refractivity contribution in [3.8, 4) is 23.0 Å². The molecular weight excluding hydrogens is 612 g/mol. The van der Waals surface area contributed by atoms with Gasteiger partial charge in [0, 0.05) is 35.4 Å². The van der Waals surface area contributed by atoms with E-state index in [1.807, 2.05) is 0 Å². The third-order valence-electron chi connectivity index (χ3n) is 7.41. The van der Waals surface area contributed by atoms with E-state index in [4.69, 9.17) is 30.9 Å². The number of methoxy groups -OCH3 is 1. The molecule has 46 heavy (non-hydrogen) atoms. The van der Waals surface area contributed by atoms with Gasteiger partial charge >= 0.3 is 24.8 Å². The summed E-state index contributed by atoms with van der Waals surface area (Å²) in [5.41, 5.74) is 0.181. The summed E-state index contributed by atoms with van der Waals surface area (Å²) in [4.78, 5) is 41.1. The average molecular weight is 644 g/mol. The first-order chi connectivity index (χ1) is 21.7. The number of benzene rings is 3. The van der Waals surface area contributed by atoms with Gasteiger partial charge in [0.2, 0.25) is 11.8 Å². The van der Waals surface area contributed by atoms with E-state index in [0.29, 0.717) is 77.6 Å². The van der Waals surface area contributed by atoms with Crippen molar-refractivity contribution in [2.24, 2.45) is 5.41 Å². The molecule has 0 aliphatic heterocycles. The first-order valence-electron chi connectivity index (χ1n) is 14.4. The van der Waals surface area contributed by atoms with Gasteiger partial charge in [0.25, 0.3) is 0 Å². The monoisotopic (exact) mass is 643 g/mol. The topological polar surface area (TPSA) is 136 Å². The second-order valence-electron chi connectivity index (χ2n) is 10.6. The number of anilines is 2. The predicted molar refractivity (Wildman–Crippen MR) is 174 cm³/mol. The van der Waals surface area contributed by atoms with Gasteiger partial charge in [-0.15, -0.1) is 0 Å². The molecule has 0 atom stereocenters. The zero-order chi connectivity index (χ0) is 32.0. The van der Waals surface area contributed by atoms with Crippen LogP contribution in [0.15, 0.2) is 66.9 Å². The number of amides is 2. The molecule has 3 N–H and O–H groups in total. The summed E-state index contributed by atoms with van der Waals surface area (Å²) in [6.45, 7) is 0.399. The fourth-order valence-corrected chi connectivity index (χ4v) is 4.94. The number of nitrogens with zero attached hydrogens (tertiary/aromatic N) is 1. The number of carbonyl (C=O) groups excluding carboxylic acids is 2. The van der Waals surface area contributed by atoms with E-state index in [-0.39, 0.29) is 30.3 Å². The Balaban J connectivity index is 0.00000480. The molecule has 10 nitrogen and oxygen atoms in total. The molecule has 0 bridgehead atoms. The molecule has 0 saturated heterocycles. The normalized spacial score (nSPS) is 12.8. The standard InChI is InChI=1S/C33H31ClFN3O7.Li.H/c1-43-28-18-23-25(19-29(28)44-16-4-2-3-5-30(39)40)36-15-12-26(23)45-27-11-10-22(17-24(27)34)38-32(42)33(13-14-33)31(41)37-21-8-6-20(35)7-9-21;;/h6-12,15,17-19H,2-5,13-14,16H2,1H3,(H,37,41)(H,38,42)(H,39,40);;. The number of unbranched alkanes of at least 4 members (excludes halogenated alkanes) is 2. The summed E-state index contributed by atoms with van der Waals surface area (Å²) in [7, 11) is 1.53. The fraction of sp³-hybridized carbons (Fsp3) is 0.273. The van der Waals surface area contributed by atoms with Gasteiger partial charge in [-0.2, -0.15) is 0 Å². The number of halogens is 2. The number of aliphatic carboxylic acids is 1.